The Morgan fingerprint density at radius 3 is 3.08 bits per heavy atom. The molecule has 1 atom stereocenters. The molecule has 0 aromatic carbocycles. The molecule has 1 saturated heterocycles. The molecule has 1 aliphatic rings. The Bertz CT molecular complexity index is 163. The van der Waals surface area contributed by atoms with E-state index in [0.29, 0.717) is 5.54 Å². The van der Waals surface area contributed by atoms with E-state index in [1.54, 1.807) is 0 Å². The van der Waals surface area contributed by atoms with Crippen LogP contribution in [-0.2, 0) is 0 Å². The summed E-state index contributed by atoms with van der Waals surface area (Å²) >= 11 is 0. The average molecular weight is 166 g/mol. The SMILES string of the molecule is C#CCCCNC1(C)CCNC1. The molecule has 0 spiro atoms. The van der Waals surface area contributed by atoms with Gasteiger partial charge in [-0.3, -0.25) is 0 Å². The molecule has 1 heterocycles. The second-order valence-corrected chi connectivity index (χ2v) is 3.72. The molecule has 2 N–H and O–H groups in total. The van der Waals surface area contributed by atoms with E-state index in [1.165, 1.54) is 6.42 Å². The van der Waals surface area contributed by atoms with Gasteiger partial charge in [-0.05, 0) is 32.9 Å². The smallest absolute Gasteiger partial charge is 0.0289 e. The van der Waals surface area contributed by atoms with Gasteiger partial charge >= 0.3 is 0 Å². The fourth-order valence-corrected chi connectivity index (χ4v) is 1.55. The van der Waals surface area contributed by atoms with Gasteiger partial charge in [-0.1, -0.05) is 0 Å². The van der Waals surface area contributed by atoms with Crippen LogP contribution in [0.5, 0.6) is 0 Å². The van der Waals surface area contributed by atoms with Crippen LogP contribution in [0.25, 0.3) is 0 Å². The molecule has 68 valence electrons. The third-order valence-electron chi connectivity index (χ3n) is 2.42. The molecular weight excluding hydrogens is 148 g/mol. The second kappa shape index (κ2) is 4.49. The van der Waals surface area contributed by atoms with E-state index in [-0.39, 0.29) is 0 Å². The molecule has 0 radical (unpaired) electrons. The van der Waals surface area contributed by atoms with Crippen molar-refractivity contribution in [3.05, 3.63) is 0 Å². The Hall–Kier alpha value is -0.520. The summed E-state index contributed by atoms with van der Waals surface area (Å²) in [6.07, 6.45) is 8.37. The Morgan fingerprint density at radius 2 is 2.50 bits per heavy atom. The first-order valence-electron chi connectivity index (χ1n) is 4.66. The van der Waals surface area contributed by atoms with Crippen molar-refractivity contribution >= 4 is 0 Å². The number of nitrogens with one attached hydrogen (secondary N) is 2. The van der Waals surface area contributed by atoms with E-state index in [4.69, 9.17) is 6.42 Å². The van der Waals surface area contributed by atoms with Gasteiger partial charge in [0.25, 0.3) is 0 Å². The summed E-state index contributed by atoms with van der Waals surface area (Å²) < 4.78 is 0. The maximum Gasteiger partial charge on any atom is 0.0289 e. The van der Waals surface area contributed by atoms with Gasteiger partial charge in [0.2, 0.25) is 0 Å². The Kier molecular flexibility index (Phi) is 3.58. The molecule has 0 aromatic heterocycles. The summed E-state index contributed by atoms with van der Waals surface area (Å²) in [5.74, 6) is 2.65. The van der Waals surface area contributed by atoms with E-state index >= 15 is 0 Å². The highest BCUT2D eigenvalue weighted by Gasteiger charge is 2.26. The molecule has 1 unspecified atom stereocenters. The van der Waals surface area contributed by atoms with Gasteiger partial charge in [0.05, 0.1) is 0 Å². The summed E-state index contributed by atoms with van der Waals surface area (Å²) in [7, 11) is 0. The van der Waals surface area contributed by atoms with Crippen molar-refractivity contribution in [2.24, 2.45) is 0 Å². The van der Waals surface area contributed by atoms with Gasteiger partial charge in [0.15, 0.2) is 0 Å². The third-order valence-corrected chi connectivity index (χ3v) is 2.42. The normalized spacial score (nSPS) is 28.7. The molecule has 0 amide bonds. The molecule has 12 heavy (non-hydrogen) atoms. The Morgan fingerprint density at radius 1 is 1.67 bits per heavy atom. The van der Waals surface area contributed by atoms with Crippen LogP contribution >= 0.6 is 0 Å². The van der Waals surface area contributed by atoms with Crippen molar-refractivity contribution in [3.8, 4) is 12.3 Å². The van der Waals surface area contributed by atoms with Crippen molar-refractivity contribution in [2.75, 3.05) is 19.6 Å². The van der Waals surface area contributed by atoms with Crippen molar-refractivity contribution in [2.45, 2.75) is 31.7 Å². The molecular formula is C10H18N2. The number of unbranched alkanes of at least 4 members (excludes halogenated alkanes) is 1. The monoisotopic (exact) mass is 166 g/mol. The topological polar surface area (TPSA) is 24.1 Å². The molecule has 0 aliphatic carbocycles. The lowest BCUT2D eigenvalue weighted by atomic mass is 10.0. The molecule has 2 nitrogen and oxygen atoms in total. The van der Waals surface area contributed by atoms with Crippen LogP contribution in [0, 0.1) is 12.3 Å². The van der Waals surface area contributed by atoms with Crippen molar-refractivity contribution in [1.82, 2.24) is 10.6 Å². The summed E-state index contributed by atoms with van der Waals surface area (Å²) in [5, 5.41) is 6.89. The number of hydrogen-bond donors (Lipinski definition) is 2. The lowest BCUT2D eigenvalue weighted by molar-refractivity contribution is 0.386. The third kappa shape index (κ3) is 2.84. The van der Waals surface area contributed by atoms with Crippen LogP contribution in [0.4, 0.5) is 0 Å². The second-order valence-electron chi connectivity index (χ2n) is 3.72. The summed E-state index contributed by atoms with van der Waals surface area (Å²) in [6.45, 7) is 5.53. The maximum absolute atomic E-state index is 5.17. The lowest BCUT2D eigenvalue weighted by Crippen LogP contribution is -2.44. The van der Waals surface area contributed by atoms with Crippen molar-refractivity contribution in [1.29, 1.82) is 0 Å². The van der Waals surface area contributed by atoms with Gasteiger partial charge in [0, 0.05) is 18.5 Å². The van der Waals surface area contributed by atoms with E-state index < -0.39 is 0 Å². The predicted octanol–water partition coefficient (Wildman–Crippen LogP) is 0.741. The molecule has 1 fully saturated rings. The number of hydrogen-bond acceptors (Lipinski definition) is 2. The fraction of sp³-hybridized carbons (Fsp3) is 0.800. The summed E-state index contributed by atoms with van der Waals surface area (Å²) in [6, 6.07) is 0. The van der Waals surface area contributed by atoms with Crippen molar-refractivity contribution < 1.29 is 0 Å². The van der Waals surface area contributed by atoms with Crippen LogP contribution in [0.2, 0.25) is 0 Å². The first-order valence-corrected chi connectivity index (χ1v) is 4.66. The first-order chi connectivity index (χ1) is 5.77. The summed E-state index contributed by atoms with van der Waals surface area (Å²) in [5.41, 5.74) is 0.314. The van der Waals surface area contributed by atoms with E-state index in [0.717, 1.165) is 32.5 Å². The first kappa shape index (κ1) is 9.57. The molecule has 2 heteroatoms. The minimum atomic E-state index is 0.314. The van der Waals surface area contributed by atoms with E-state index in [9.17, 15) is 0 Å². The minimum Gasteiger partial charge on any atom is -0.315 e. The van der Waals surface area contributed by atoms with Gasteiger partial charge in [-0.25, -0.2) is 0 Å². The zero-order valence-corrected chi connectivity index (χ0v) is 7.82. The van der Waals surface area contributed by atoms with Crippen LogP contribution in [0.15, 0.2) is 0 Å². The van der Waals surface area contributed by atoms with Crippen LogP contribution in [0.1, 0.15) is 26.2 Å². The highest BCUT2D eigenvalue weighted by Crippen LogP contribution is 2.12. The molecule has 1 rings (SSSR count). The highest BCUT2D eigenvalue weighted by molar-refractivity contribution is 4.92. The number of terminal acetylenes is 1. The molecule has 0 saturated carbocycles. The zero-order valence-electron chi connectivity index (χ0n) is 7.82. The largest absolute Gasteiger partial charge is 0.315 e. The quantitative estimate of drug-likeness (QED) is 0.475. The van der Waals surface area contributed by atoms with Crippen molar-refractivity contribution in [3.63, 3.8) is 0 Å². The highest BCUT2D eigenvalue weighted by atomic mass is 15.1. The average Bonchev–Trinajstić information content (AvgIpc) is 2.47. The fourth-order valence-electron chi connectivity index (χ4n) is 1.55. The molecule has 0 bridgehead atoms. The van der Waals surface area contributed by atoms with Gasteiger partial charge in [-0.15, -0.1) is 12.3 Å². The van der Waals surface area contributed by atoms with Gasteiger partial charge in [-0.2, -0.15) is 0 Å². The standard InChI is InChI=1S/C10H18N2/c1-3-4-5-7-12-10(2)6-8-11-9-10/h1,11-12H,4-9H2,2H3. The van der Waals surface area contributed by atoms with Crippen LogP contribution < -0.4 is 10.6 Å². The predicted molar refractivity (Wildman–Crippen MR) is 52.0 cm³/mol. The van der Waals surface area contributed by atoms with Crippen LogP contribution in [-0.4, -0.2) is 25.2 Å². The van der Waals surface area contributed by atoms with Gasteiger partial charge < -0.3 is 10.6 Å². The van der Waals surface area contributed by atoms with E-state index in [1.807, 2.05) is 0 Å². The van der Waals surface area contributed by atoms with Gasteiger partial charge in [0.1, 0.15) is 0 Å². The van der Waals surface area contributed by atoms with Crippen LogP contribution in [0.3, 0.4) is 0 Å². The molecule has 0 aromatic rings. The maximum atomic E-state index is 5.17. The number of rotatable bonds is 4. The molecule has 1 aliphatic heterocycles. The Balaban J connectivity index is 2.09. The minimum absolute atomic E-state index is 0.314. The van der Waals surface area contributed by atoms with E-state index in [2.05, 4.69) is 23.5 Å². The summed E-state index contributed by atoms with van der Waals surface area (Å²) in [4.78, 5) is 0. The Labute approximate surface area is 75.1 Å². The zero-order chi connectivity index (χ0) is 8.86. The lowest BCUT2D eigenvalue weighted by Gasteiger charge is -2.24.